The van der Waals surface area contributed by atoms with Crippen molar-refractivity contribution in [2.24, 2.45) is 5.92 Å². The van der Waals surface area contributed by atoms with Crippen LogP contribution in [0.3, 0.4) is 0 Å². The van der Waals surface area contributed by atoms with Crippen LogP contribution >= 0.6 is 0 Å². The van der Waals surface area contributed by atoms with Gasteiger partial charge in [-0.05, 0) is 34.6 Å². The highest BCUT2D eigenvalue weighted by atomic mass is 16.6. The molecule has 4 nitrogen and oxygen atoms in total. The van der Waals surface area contributed by atoms with Gasteiger partial charge in [-0.25, -0.2) is 0 Å². The maximum Gasteiger partial charge on any atom is 0.313 e. The number of hydrogen-bond acceptors (Lipinski definition) is 4. The lowest BCUT2D eigenvalue weighted by Crippen LogP contribution is -2.44. The lowest BCUT2D eigenvalue weighted by molar-refractivity contribution is -0.161. The summed E-state index contributed by atoms with van der Waals surface area (Å²) in [7, 11) is 0. The molecule has 0 radical (unpaired) electrons. The van der Waals surface area contributed by atoms with Gasteiger partial charge in [-0.2, -0.15) is 0 Å². The van der Waals surface area contributed by atoms with Gasteiger partial charge in [0.05, 0.1) is 19.1 Å². The molecule has 1 aliphatic heterocycles. The van der Waals surface area contributed by atoms with Gasteiger partial charge in [0.25, 0.3) is 0 Å². The number of hydrogen-bond donors (Lipinski definition) is 1. The van der Waals surface area contributed by atoms with Gasteiger partial charge in [0.2, 0.25) is 0 Å². The first kappa shape index (κ1) is 13.5. The number of nitrogens with one attached hydrogen (secondary N) is 1. The van der Waals surface area contributed by atoms with Crippen molar-refractivity contribution in [3.8, 4) is 0 Å². The van der Waals surface area contributed by atoms with Crippen LogP contribution in [-0.4, -0.2) is 36.9 Å². The number of esters is 1. The Kier molecular flexibility index (Phi) is 3.97. The standard InChI is InChI=1S/C12H23NO3/c1-11(2,3)16-10(14)9-6-13-12(4,5)8-15-7-9/h9,13H,6-8H2,1-5H3. The second-order valence-electron chi connectivity index (χ2n) is 6.01. The molecule has 1 heterocycles. The summed E-state index contributed by atoms with van der Waals surface area (Å²) in [4.78, 5) is 11.8. The highest BCUT2D eigenvalue weighted by molar-refractivity contribution is 5.73. The van der Waals surface area contributed by atoms with Crippen molar-refractivity contribution in [2.75, 3.05) is 19.8 Å². The molecule has 1 rings (SSSR count). The molecule has 0 aliphatic carbocycles. The van der Waals surface area contributed by atoms with Gasteiger partial charge >= 0.3 is 5.97 Å². The van der Waals surface area contributed by atoms with Crippen LogP contribution in [0.25, 0.3) is 0 Å². The Labute approximate surface area is 97.7 Å². The van der Waals surface area contributed by atoms with Crippen molar-refractivity contribution in [3.05, 3.63) is 0 Å². The Balaban J connectivity index is 2.52. The van der Waals surface area contributed by atoms with Crippen molar-refractivity contribution in [1.29, 1.82) is 0 Å². The van der Waals surface area contributed by atoms with E-state index in [4.69, 9.17) is 9.47 Å². The van der Waals surface area contributed by atoms with Crippen LogP contribution in [0.15, 0.2) is 0 Å². The van der Waals surface area contributed by atoms with Gasteiger partial charge in [-0.3, -0.25) is 4.79 Å². The third-order valence-electron chi connectivity index (χ3n) is 2.35. The van der Waals surface area contributed by atoms with Gasteiger partial charge in [-0.1, -0.05) is 0 Å². The fraction of sp³-hybridized carbons (Fsp3) is 0.917. The van der Waals surface area contributed by atoms with Gasteiger partial charge in [-0.15, -0.1) is 0 Å². The molecule has 1 saturated heterocycles. The molecule has 4 heteroatoms. The van der Waals surface area contributed by atoms with Crippen molar-refractivity contribution in [3.63, 3.8) is 0 Å². The average molecular weight is 229 g/mol. The zero-order valence-electron chi connectivity index (χ0n) is 10.9. The topological polar surface area (TPSA) is 47.6 Å². The average Bonchev–Trinajstić information content (AvgIpc) is 2.23. The minimum Gasteiger partial charge on any atom is -0.460 e. The van der Waals surface area contributed by atoms with E-state index in [-0.39, 0.29) is 17.4 Å². The summed E-state index contributed by atoms with van der Waals surface area (Å²) in [5.41, 5.74) is -0.504. The third-order valence-corrected chi connectivity index (χ3v) is 2.35. The van der Waals surface area contributed by atoms with Crippen LogP contribution in [0.1, 0.15) is 34.6 Å². The molecule has 1 aliphatic rings. The molecule has 0 saturated carbocycles. The molecule has 0 aromatic heterocycles. The van der Waals surface area contributed by atoms with Crippen molar-refractivity contribution >= 4 is 5.97 Å². The zero-order valence-corrected chi connectivity index (χ0v) is 10.9. The molecule has 94 valence electrons. The number of carbonyl (C=O) groups is 1. The number of rotatable bonds is 1. The molecule has 1 fully saturated rings. The first-order valence-electron chi connectivity index (χ1n) is 5.75. The van der Waals surface area contributed by atoms with E-state index in [9.17, 15) is 4.79 Å². The summed E-state index contributed by atoms with van der Waals surface area (Å²) < 4.78 is 10.8. The molecule has 1 unspecified atom stereocenters. The molecule has 0 bridgehead atoms. The molecule has 0 spiro atoms. The summed E-state index contributed by atoms with van der Waals surface area (Å²) in [6.45, 7) is 11.4. The smallest absolute Gasteiger partial charge is 0.313 e. The van der Waals surface area contributed by atoms with E-state index in [0.717, 1.165) is 0 Å². The number of ether oxygens (including phenoxy) is 2. The monoisotopic (exact) mass is 229 g/mol. The Morgan fingerprint density at radius 2 is 2.06 bits per heavy atom. The minimum absolute atomic E-state index is 0.0727. The quantitative estimate of drug-likeness (QED) is 0.689. The van der Waals surface area contributed by atoms with Crippen LogP contribution < -0.4 is 5.32 Å². The van der Waals surface area contributed by atoms with Gasteiger partial charge < -0.3 is 14.8 Å². The van der Waals surface area contributed by atoms with E-state index in [1.165, 1.54) is 0 Å². The van der Waals surface area contributed by atoms with Crippen LogP contribution in [0.5, 0.6) is 0 Å². The molecule has 0 amide bonds. The van der Waals surface area contributed by atoms with E-state index >= 15 is 0 Å². The van der Waals surface area contributed by atoms with Crippen LogP contribution in [0, 0.1) is 5.92 Å². The molecular weight excluding hydrogens is 206 g/mol. The van der Waals surface area contributed by atoms with E-state index in [0.29, 0.717) is 19.8 Å². The van der Waals surface area contributed by atoms with Crippen LogP contribution in [-0.2, 0) is 14.3 Å². The summed E-state index contributed by atoms with van der Waals surface area (Å²) in [6.07, 6.45) is 0. The summed E-state index contributed by atoms with van der Waals surface area (Å²) in [5, 5.41) is 3.31. The van der Waals surface area contributed by atoms with E-state index in [2.05, 4.69) is 19.2 Å². The lowest BCUT2D eigenvalue weighted by Gasteiger charge is -2.24. The van der Waals surface area contributed by atoms with Crippen molar-refractivity contribution in [1.82, 2.24) is 5.32 Å². The van der Waals surface area contributed by atoms with Crippen LogP contribution in [0.4, 0.5) is 0 Å². The molecular formula is C12H23NO3. The van der Waals surface area contributed by atoms with Crippen molar-refractivity contribution in [2.45, 2.75) is 45.8 Å². The second-order valence-corrected chi connectivity index (χ2v) is 6.01. The Hall–Kier alpha value is -0.610. The maximum atomic E-state index is 11.8. The fourth-order valence-corrected chi connectivity index (χ4v) is 1.50. The van der Waals surface area contributed by atoms with E-state index in [1.807, 2.05) is 20.8 Å². The van der Waals surface area contributed by atoms with E-state index in [1.54, 1.807) is 0 Å². The molecule has 0 aromatic rings. The normalized spacial score (nSPS) is 25.9. The summed E-state index contributed by atoms with van der Waals surface area (Å²) in [6, 6.07) is 0. The summed E-state index contributed by atoms with van der Waals surface area (Å²) in [5.74, 6) is -0.390. The highest BCUT2D eigenvalue weighted by Crippen LogP contribution is 2.15. The lowest BCUT2D eigenvalue weighted by atomic mass is 10.1. The third kappa shape index (κ3) is 4.49. The highest BCUT2D eigenvalue weighted by Gasteiger charge is 2.30. The predicted octanol–water partition coefficient (Wildman–Crippen LogP) is 1.34. The largest absolute Gasteiger partial charge is 0.460 e. The number of carbonyl (C=O) groups excluding carboxylic acids is 1. The van der Waals surface area contributed by atoms with Gasteiger partial charge in [0.1, 0.15) is 5.60 Å². The fourth-order valence-electron chi connectivity index (χ4n) is 1.50. The minimum atomic E-state index is -0.432. The molecule has 1 N–H and O–H groups in total. The maximum absolute atomic E-state index is 11.8. The molecule has 0 aromatic carbocycles. The van der Waals surface area contributed by atoms with Crippen molar-refractivity contribution < 1.29 is 14.3 Å². The Bertz CT molecular complexity index is 255. The Morgan fingerprint density at radius 1 is 1.44 bits per heavy atom. The first-order chi connectivity index (χ1) is 7.20. The zero-order chi connectivity index (χ0) is 12.4. The molecule has 1 atom stereocenters. The SMILES string of the molecule is CC1(C)COCC(C(=O)OC(C)(C)C)CN1. The Morgan fingerprint density at radius 3 is 2.62 bits per heavy atom. The first-order valence-corrected chi connectivity index (χ1v) is 5.75. The summed E-state index contributed by atoms with van der Waals surface area (Å²) >= 11 is 0. The van der Waals surface area contributed by atoms with Gasteiger partial charge in [0.15, 0.2) is 0 Å². The second kappa shape index (κ2) is 4.72. The van der Waals surface area contributed by atoms with E-state index < -0.39 is 5.60 Å². The predicted molar refractivity (Wildman–Crippen MR) is 62.2 cm³/mol. The molecule has 16 heavy (non-hydrogen) atoms. The van der Waals surface area contributed by atoms with Crippen LogP contribution in [0.2, 0.25) is 0 Å². The van der Waals surface area contributed by atoms with Gasteiger partial charge in [0, 0.05) is 12.1 Å².